The Hall–Kier alpha value is -1.57. The van der Waals surface area contributed by atoms with Gasteiger partial charge in [-0.1, -0.05) is 25.1 Å². The number of hydrogen-bond donors (Lipinski definition) is 0. The van der Waals surface area contributed by atoms with Crippen molar-refractivity contribution in [2.45, 2.75) is 20.3 Å². The lowest BCUT2D eigenvalue weighted by Gasteiger charge is -2.05. The average molecular weight is 190 g/mol. The molecule has 0 aliphatic carbocycles. The number of carbonyl (C=O) groups is 1. The Morgan fingerprint density at radius 2 is 2.21 bits per heavy atom. The molecule has 0 spiro atoms. The molecule has 0 saturated heterocycles. The predicted octanol–water partition coefficient (Wildman–Crippen LogP) is 2.82. The van der Waals surface area contributed by atoms with Crippen LogP contribution in [-0.4, -0.2) is 6.47 Å². The molecular formula is C12H14O2. The molecule has 2 nitrogen and oxygen atoms in total. The van der Waals surface area contributed by atoms with E-state index in [-0.39, 0.29) is 0 Å². The summed E-state index contributed by atoms with van der Waals surface area (Å²) in [6.45, 7) is 4.48. The molecule has 74 valence electrons. The SMILES string of the molecule is C/C=C\c1cc(CC)ccc1OC=O. The highest BCUT2D eigenvalue weighted by Crippen LogP contribution is 2.21. The molecule has 0 unspecified atom stereocenters. The largest absolute Gasteiger partial charge is 0.428 e. The molecule has 2 heteroatoms. The summed E-state index contributed by atoms with van der Waals surface area (Å²) in [5.41, 5.74) is 2.18. The van der Waals surface area contributed by atoms with E-state index < -0.39 is 0 Å². The first kappa shape index (κ1) is 10.5. The van der Waals surface area contributed by atoms with Crippen molar-refractivity contribution >= 4 is 12.5 Å². The zero-order valence-electron chi connectivity index (χ0n) is 8.49. The van der Waals surface area contributed by atoms with Crippen LogP contribution < -0.4 is 4.74 Å². The molecule has 1 aromatic carbocycles. The molecule has 0 aliphatic heterocycles. The Morgan fingerprint density at radius 3 is 2.79 bits per heavy atom. The molecule has 1 rings (SSSR count). The first-order valence-electron chi connectivity index (χ1n) is 4.67. The molecule has 1 aromatic rings. The number of benzene rings is 1. The van der Waals surface area contributed by atoms with Crippen molar-refractivity contribution < 1.29 is 9.53 Å². The van der Waals surface area contributed by atoms with Crippen molar-refractivity contribution in [2.24, 2.45) is 0 Å². The summed E-state index contributed by atoms with van der Waals surface area (Å²) in [6, 6.07) is 5.81. The standard InChI is InChI=1S/C12H14O2/c1-3-5-11-8-10(4-2)6-7-12(11)14-9-13/h3,5-9H,4H2,1-2H3/b5-3-. The number of hydrogen-bond acceptors (Lipinski definition) is 2. The maximum atomic E-state index is 10.2. The van der Waals surface area contributed by atoms with Crippen LogP contribution in [0.15, 0.2) is 24.3 Å². The highest BCUT2D eigenvalue weighted by atomic mass is 16.5. The molecule has 0 atom stereocenters. The van der Waals surface area contributed by atoms with Gasteiger partial charge >= 0.3 is 0 Å². The van der Waals surface area contributed by atoms with Crippen LogP contribution in [-0.2, 0) is 11.2 Å². The first-order valence-corrected chi connectivity index (χ1v) is 4.67. The van der Waals surface area contributed by atoms with Gasteiger partial charge in [0.05, 0.1) is 0 Å². The van der Waals surface area contributed by atoms with E-state index in [2.05, 4.69) is 6.92 Å². The monoisotopic (exact) mass is 190 g/mol. The lowest BCUT2D eigenvalue weighted by atomic mass is 10.1. The number of aryl methyl sites for hydroxylation is 1. The van der Waals surface area contributed by atoms with Crippen molar-refractivity contribution in [1.82, 2.24) is 0 Å². The third kappa shape index (κ3) is 2.46. The van der Waals surface area contributed by atoms with E-state index in [1.807, 2.05) is 37.3 Å². The average Bonchev–Trinajstić information content (AvgIpc) is 2.21. The van der Waals surface area contributed by atoms with Crippen LogP contribution in [0.4, 0.5) is 0 Å². The summed E-state index contributed by atoms with van der Waals surface area (Å²) < 4.78 is 4.86. The number of allylic oxidation sites excluding steroid dienone is 1. The second-order valence-electron chi connectivity index (χ2n) is 2.94. The minimum Gasteiger partial charge on any atom is -0.428 e. The van der Waals surface area contributed by atoms with Gasteiger partial charge in [-0.15, -0.1) is 0 Å². The minimum atomic E-state index is 0.452. The second-order valence-corrected chi connectivity index (χ2v) is 2.94. The third-order valence-electron chi connectivity index (χ3n) is 2.00. The Morgan fingerprint density at radius 1 is 1.43 bits per heavy atom. The van der Waals surface area contributed by atoms with E-state index in [4.69, 9.17) is 4.74 Å². The fraction of sp³-hybridized carbons (Fsp3) is 0.250. The van der Waals surface area contributed by atoms with E-state index in [0.717, 1.165) is 12.0 Å². The third-order valence-corrected chi connectivity index (χ3v) is 2.00. The molecule has 0 aromatic heterocycles. The highest BCUT2D eigenvalue weighted by molar-refractivity contribution is 5.61. The van der Waals surface area contributed by atoms with Gasteiger partial charge in [0.2, 0.25) is 0 Å². The molecule has 0 N–H and O–H groups in total. The molecule has 0 radical (unpaired) electrons. The summed E-state index contributed by atoms with van der Waals surface area (Å²) >= 11 is 0. The van der Waals surface area contributed by atoms with Gasteiger partial charge in [-0.25, -0.2) is 0 Å². The Labute approximate surface area is 84.2 Å². The Bertz CT molecular complexity index is 340. The maximum Gasteiger partial charge on any atom is 0.298 e. The fourth-order valence-electron chi connectivity index (χ4n) is 1.29. The van der Waals surface area contributed by atoms with Crippen molar-refractivity contribution in [1.29, 1.82) is 0 Å². The van der Waals surface area contributed by atoms with Crippen LogP contribution in [0.5, 0.6) is 5.75 Å². The molecule has 0 aliphatic rings. The van der Waals surface area contributed by atoms with Gasteiger partial charge in [-0.05, 0) is 31.0 Å². The second kappa shape index (κ2) is 5.22. The summed E-state index contributed by atoms with van der Waals surface area (Å²) in [7, 11) is 0. The fourth-order valence-corrected chi connectivity index (χ4v) is 1.29. The van der Waals surface area contributed by atoms with Crippen LogP contribution in [0.1, 0.15) is 25.0 Å². The number of ether oxygens (including phenoxy) is 1. The maximum absolute atomic E-state index is 10.2. The summed E-state index contributed by atoms with van der Waals surface area (Å²) in [5.74, 6) is 0.607. The molecule has 14 heavy (non-hydrogen) atoms. The molecule has 0 fully saturated rings. The first-order chi connectivity index (χ1) is 6.81. The van der Waals surface area contributed by atoms with Crippen LogP contribution >= 0.6 is 0 Å². The van der Waals surface area contributed by atoms with Crippen molar-refractivity contribution in [3.63, 3.8) is 0 Å². The van der Waals surface area contributed by atoms with Crippen LogP contribution in [0.3, 0.4) is 0 Å². The van der Waals surface area contributed by atoms with Crippen LogP contribution in [0.25, 0.3) is 6.08 Å². The van der Waals surface area contributed by atoms with Gasteiger partial charge in [0, 0.05) is 5.56 Å². The smallest absolute Gasteiger partial charge is 0.298 e. The summed E-state index contributed by atoms with van der Waals surface area (Å²) in [4.78, 5) is 10.2. The lowest BCUT2D eigenvalue weighted by Crippen LogP contribution is -1.92. The van der Waals surface area contributed by atoms with Crippen molar-refractivity contribution in [3.8, 4) is 5.75 Å². The van der Waals surface area contributed by atoms with Crippen LogP contribution in [0, 0.1) is 0 Å². The van der Waals surface area contributed by atoms with E-state index in [0.29, 0.717) is 12.2 Å². The molecular weight excluding hydrogens is 176 g/mol. The van der Waals surface area contributed by atoms with E-state index >= 15 is 0 Å². The topological polar surface area (TPSA) is 26.3 Å². The molecule has 0 bridgehead atoms. The Balaban J connectivity index is 3.09. The van der Waals surface area contributed by atoms with Crippen molar-refractivity contribution in [3.05, 3.63) is 35.4 Å². The number of rotatable bonds is 4. The van der Waals surface area contributed by atoms with Gasteiger partial charge in [0.25, 0.3) is 6.47 Å². The van der Waals surface area contributed by atoms with Gasteiger partial charge in [-0.3, -0.25) is 4.79 Å². The molecule has 0 amide bonds. The van der Waals surface area contributed by atoms with Gasteiger partial charge in [0.15, 0.2) is 0 Å². The quantitative estimate of drug-likeness (QED) is 0.682. The zero-order chi connectivity index (χ0) is 10.4. The number of carbonyl (C=O) groups excluding carboxylic acids is 1. The van der Waals surface area contributed by atoms with Gasteiger partial charge in [0.1, 0.15) is 5.75 Å². The zero-order valence-corrected chi connectivity index (χ0v) is 8.49. The summed E-state index contributed by atoms with van der Waals surface area (Å²) in [5, 5.41) is 0. The van der Waals surface area contributed by atoms with E-state index in [1.165, 1.54) is 5.56 Å². The lowest BCUT2D eigenvalue weighted by molar-refractivity contribution is -0.120. The molecule has 0 saturated carbocycles. The van der Waals surface area contributed by atoms with Gasteiger partial charge < -0.3 is 4.74 Å². The highest BCUT2D eigenvalue weighted by Gasteiger charge is 2.01. The minimum absolute atomic E-state index is 0.452. The van der Waals surface area contributed by atoms with Gasteiger partial charge in [-0.2, -0.15) is 0 Å². The molecule has 0 heterocycles. The summed E-state index contributed by atoms with van der Waals surface area (Å²) in [6.07, 6.45) is 4.83. The van der Waals surface area contributed by atoms with Crippen molar-refractivity contribution in [2.75, 3.05) is 0 Å². The van der Waals surface area contributed by atoms with E-state index in [1.54, 1.807) is 0 Å². The Kier molecular flexibility index (Phi) is 3.92. The van der Waals surface area contributed by atoms with E-state index in [9.17, 15) is 4.79 Å². The predicted molar refractivity (Wildman–Crippen MR) is 57.2 cm³/mol. The normalized spacial score (nSPS) is 10.4. The van der Waals surface area contributed by atoms with Crippen LogP contribution in [0.2, 0.25) is 0 Å².